The molecule has 0 aliphatic carbocycles. The molecular formula is C13H14BrNS. The molecule has 0 aliphatic heterocycles. The quantitative estimate of drug-likeness (QED) is 0.916. The summed E-state index contributed by atoms with van der Waals surface area (Å²) in [5, 5.41) is 4.27. The standard InChI is InChI=1S/C13H14BrNS/c14-12-3-1-10(2-4-12)7-13(15)8-11-5-6-16-9-11/h1-6,9,13H,7-8,15H2. The molecule has 0 spiro atoms. The second-order valence-corrected chi connectivity index (χ2v) is 5.62. The van der Waals surface area contributed by atoms with Gasteiger partial charge in [-0.2, -0.15) is 11.3 Å². The number of hydrogen-bond donors (Lipinski definition) is 1. The van der Waals surface area contributed by atoms with E-state index in [0.717, 1.165) is 17.3 Å². The number of hydrogen-bond acceptors (Lipinski definition) is 2. The molecule has 0 fully saturated rings. The first-order valence-corrected chi connectivity index (χ1v) is 6.99. The Morgan fingerprint density at radius 1 is 1.06 bits per heavy atom. The summed E-state index contributed by atoms with van der Waals surface area (Å²) in [5.41, 5.74) is 8.77. The molecule has 1 aromatic carbocycles. The predicted molar refractivity (Wildman–Crippen MR) is 73.8 cm³/mol. The van der Waals surface area contributed by atoms with Gasteiger partial charge in [-0.3, -0.25) is 0 Å². The summed E-state index contributed by atoms with van der Waals surface area (Å²) in [7, 11) is 0. The van der Waals surface area contributed by atoms with Crippen molar-refractivity contribution in [2.24, 2.45) is 5.73 Å². The van der Waals surface area contributed by atoms with Gasteiger partial charge < -0.3 is 5.73 Å². The second kappa shape index (κ2) is 5.62. The van der Waals surface area contributed by atoms with Gasteiger partial charge in [-0.15, -0.1) is 0 Å². The molecule has 0 amide bonds. The van der Waals surface area contributed by atoms with Crippen LogP contribution in [-0.2, 0) is 12.8 Å². The highest BCUT2D eigenvalue weighted by atomic mass is 79.9. The van der Waals surface area contributed by atoms with Crippen LogP contribution in [0.1, 0.15) is 11.1 Å². The van der Waals surface area contributed by atoms with Crippen molar-refractivity contribution in [1.82, 2.24) is 0 Å². The van der Waals surface area contributed by atoms with Crippen molar-refractivity contribution in [2.45, 2.75) is 18.9 Å². The second-order valence-electron chi connectivity index (χ2n) is 3.93. The Labute approximate surface area is 108 Å². The van der Waals surface area contributed by atoms with Gasteiger partial charge in [-0.25, -0.2) is 0 Å². The van der Waals surface area contributed by atoms with Gasteiger partial charge in [0.2, 0.25) is 0 Å². The maximum Gasteiger partial charge on any atom is 0.0175 e. The number of thiophene rings is 1. The van der Waals surface area contributed by atoms with Crippen LogP contribution in [0.15, 0.2) is 45.6 Å². The summed E-state index contributed by atoms with van der Waals surface area (Å²) in [6.45, 7) is 0. The maximum absolute atomic E-state index is 6.13. The van der Waals surface area contributed by atoms with Crippen molar-refractivity contribution in [3.05, 3.63) is 56.7 Å². The van der Waals surface area contributed by atoms with Crippen molar-refractivity contribution in [3.8, 4) is 0 Å². The highest BCUT2D eigenvalue weighted by molar-refractivity contribution is 9.10. The monoisotopic (exact) mass is 295 g/mol. The summed E-state index contributed by atoms with van der Waals surface area (Å²) in [4.78, 5) is 0. The van der Waals surface area contributed by atoms with Crippen molar-refractivity contribution in [1.29, 1.82) is 0 Å². The molecule has 16 heavy (non-hydrogen) atoms. The molecule has 2 aromatic rings. The van der Waals surface area contributed by atoms with E-state index < -0.39 is 0 Å². The van der Waals surface area contributed by atoms with Gasteiger partial charge in [-0.1, -0.05) is 28.1 Å². The Balaban J connectivity index is 1.92. The molecular weight excluding hydrogens is 282 g/mol. The zero-order valence-electron chi connectivity index (χ0n) is 8.90. The van der Waals surface area contributed by atoms with E-state index in [1.165, 1.54) is 11.1 Å². The van der Waals surface area contributed by atoms with Gasteiger partial charge in [0, 0.05) is 10.5 Å². The fraction of sp³-hybridized carbons (Fsp3) is 0.231. The van der Waals surface area contributed by atoms with E-state index in [0.29, 0.717) is 0 Å². The third-order valence-corrected chi connectivity index (χ3v) is 3.75. The molecule has 0 aliphatic rings. The van der Waals surface area contributed by atoms with E-state index in [1.54, 1.807) is 11.3 Å². The third kappa shape index (κ3) is 3.44. The minimum absolute atomic E-state index is 0.204. The lowest BCUT2D eigenvalue weighted by Crippen LogP contribution is -2.25. The molecule has 0 radical (unpaired) electrons. The zero-order chi connectivity index (χ0) is 11.4. The van der Waals surface area contributed by atoms with Crippen LogP contribution in [0.4, 0.5) is 0 Å². The van der Waals surface area contributed by atoms with Crippen LogP contribution < -0.4 is 5.73 Å². The van der Waals surface area contributed by atoms with Gasteiger partial charge in [0.25, 0.3) is 0 Å². The Morgan fingerprint density at radius 3 is 2.38 bits per heavy atom. The van der Waals surface area contributed by atoms with Crippen molar-refractivity contribution in [2.75, 3.05) is 0 Å². The number of nitrogens with two attached hydrogens (primary N) is 1. The van der Waals surface area contributed by atoms with E-state index in [-0.39, 0.29) is 6.04 Å². The van der Waals surface area contributed by atoms with E-state index in [1.807, 2.05) is 0 Å². The summed E-state index contributed by atoms with van der Waals surface area (Å²) in [6.07, 6.45) is 1.89. The van der Waals surface area contributed by atoms with Gasteiger partial charge in [0.15, 0.2) is 0 Å². The Bertz CT molecular complexity index is 422. The lowest BCUT2D eigenvalue weighted by molar-refractivity contribution is 0.666. The topological polar surface area (TPSA) is 26.0 Å². The smallest absolute Gasteiger partial charge is 0.0175 e. The fourth-order valence-electron chi connectivity index (χ4n) is 1.71. The van der Waals surface area contributed by atoms with Gasteiger partial charge >= 0.3 is 0 Å². The van der Waals surface area contributed by atoms with E-state index >= 15 is 0 Å². The first-order chi connectivity index (χ1) is 7.74. The zero-order valence-corrected chi connectivity index (χ0v) is 11.3. The molecule has 1 heterocycles. The van der Waals surface area contributed by atoms with Crippen LogP contribution in [-0.4, -0.2) is 6.04 Å². The van der Waals surface area contributed by atoms with Crippen molar-refractivity contribution in [3.63, 3.8) is 0 Å². The molecule has 1 atom stereocenters. The maximum atomic E-state index is 6.13. The first kappa shape index (κ1) is 11.8. The average molecular weight is 296 g/mol. The minimum Gasteiger partial charge on any atom is -0.327 e. The lowest BCUT2D eigenvalue weighted by atomic mass is 10.0. The SMILES string of the molecule is NC(Cc1ccc(Br)cc1)Cc1ccsc1. The summed E-state index contributed by atoms with van der Waals surface area (Å²) in [6, 6.07) is 10.7. The van der Waals surface area contributed by atoms with Crippen LogP contribution in [0.2, 0.25) is 0 Å². The fourth-order valence-corrected chi connectivity index (χ4v) is 2.65. The van der Waals surface area contributed by atoms with Crippen LogP contribution in [0.25, 0.3) is 0 Å². The van der Waals surface area contributed by atoms with Gasteiger partial charge in [0.05, 0.1) is 0 Å². The molecule has 0 bridgehead atoms. The van der Waals surface area contributed by atoms with Crippen LogP contribution in [0.3, 0.4) is 0 Å². The molecule has 84 valence electrons. The first-order valence-electron chi connectivity index (χ1n) is 5.25. The van der Waals surface area contributed by atoms with Crippen molar-refractivity contribution >= 4 is 27.3 Å². The molecule has 2 N–H and O–H groups in total. The Hall–Kier alpha value is -0.640. The molecule has 1 unspecified atom stereocenters. The summed E-state index contributed by atoms with van der Waals surface area (Å²) < 4.78 is 1.11. The van der Waals surface area contributed by atoms with E-state index in [2.05, 4.69) is 57.0 Å². The third-order valence-electron chi connectivity index (χ3n) is 2.49. The van der Waals surface area contributed by atoms with Crippen LogP contribution in [0.5, 0.6) is 0 Å². The van der Waals surface area contributed by atoms with Gasteiger partial charge in [-0.05, 0) is 52.9 Å². The highest BCUT2D eigenvalue weighted by Gasteiger charge is 2.05. The lowest BCUT2D eigenvalue weighted by Gasteiger charge is -2.10. The van der Waals surface area contributed by atoms with Gasteiger partial charge in [0.1, 0.15) is 0 Å². The highest BCUT2D eigenvalue weighted by Crippen LogP contribution is 2.14. The predicted octanol–water partition coefficient (Wildman–Crippen LogP) is 3.62. The Kier molecular flexibility index (Phi) is 4.16. The molecule has 0 saturated carbocycles. The molecule has 2 rings (SSSR count). The largest absolute Gasteiger partial charge is 0.327 e. The van der Waals surface area contributed by atoms with E-state index in [9.17, 15) is 0 Å². The van der Waals surface area contributed by atoms with E-state index in [4.69, 9.17) is 5.73 Å². The molecule has 0 saturated heterocycles. The normalized spacial score (nSPS) is 12.6. The van der Waals surface area contributed by atoms with Crippen molar-refractivity contribution < 1.29 is 0 Å². The van der Waals surface area contributed by atoms with Crippen LogP contribution in [0, 0.1) is 0 Å². The summed E-state index contributed by atoms with van der Waals surface area (Å²) >= 11 is 5.16. The number of rotatable bonds is 4. The number of halogens is 1. The molecule has 3 heteroatoms. The number of benzene rings is 1. The summed E-state index contributed by atoms with van der Waals surface area (Å²) in [5.74, 6) is 0. The van der Waals surface area contributed by atoms with Crippen LogP contribution >= 0.6 is 27.3 Å². The minimum atomic E-state index is 0.204. The molecule has 1 nitrogen and oxygen atoms in total. The molecule has 1 aromatic heterocycles. The average Bonchev–Trinajstić information content (AvgIpc) is 2.74. The Morgan fingerprint density at radius 2 is 1.75 bits per heavy atom.